The highest BCUT2D eigenvalue weighted by Gasteiger charge is 2.34. The number of hydrogen-bond acceptors (Lipinski definition) is 4. The Morgan fingerprint density at radius 2 is 2.20 bits per heavy atom. The molecule has 2 rings (SSSR count). The van der Waals surface area contributed by atoms with Crippen LogP contribution in [0.4, 0.5) is 0 Å². The van der Waals surface area contributed by atoms with Crippen LogP contribution in [0, 0.1) is 10.5 Å². The van der Waals surface area contributed by atoms with E-state index in [4.69, 9.17) is 9.47 Å². The molecule has 1 heterocycles. The number of rotatable bonds is 2. The molecule has 0 radical (unpaired) electrons. The highest BCUT2D eigenvalue weighted by atomic mass is 127. The average Bonchev–Trinajstić information content (AvgIpc) is 2.48. The van der Waals surface area contributed by atoms with Crippen LogP contribution in [0.3, 0.4) is 0 Å². The minimum atomic E-state index is -0.669. The van der Waals surface area contributed by atoms with Crippen LogP contribution in [0.2, 0.25) is 0 Å². The van der Waals surface area contributed by atoms with E-state index < -0.39 is 12.0 Å². The normalized spacial score (nSPS) is 18.8. The Balaban J connectivity index is 2.30. The fourth-order valence-corrected chi connectivity index (χ4v) is 2.74. The molecule has 1 saturated heterocycles. The maximum atomic E-state index is 12.7. The van der Waals surface area contributed by atoms with Crippen LogP contribution in [0.5, 0.6) is 0 Å². The highest BCUT2D eigenvalue weighted by molar-refractivity contribution is 14.1. The molecule has 5 nitrogen and oxygen atoms in total. The smallest absolute Gasteiger partial charge is 0.331 e. The van der Waals surface area contributed by atoms with E-state index in [1.165, 1.54) is 12.0 Å². The third-order valence-corrected chi connectivity index (χ3v) is 4.72. The monoisotopic (exact) mass is 389 g/mol. The number of amides is 1. The fourth-order valence-electron chi connectivity index (χ4n) is 2.15. The van der Waals surface area contributed by atoms with E-state index in [9.17, 15) is 9.59 Å². The first-order valence-electron chi connectivity index (χ1n) is 6.28. The average molecular weight is 389 g/mol. The molecule has 1 aromatic carbocycles. The van der Waals surface area contributed by atoms with Crippen LogP contribution in [0.1, 0.15) is 15.9 Å². The molecule has 6 heteroatoms. The van der Waals surface area contributed by atoms with Gasteiger partial charge in [0.25, 0.3) is 5.91 Å². The summed E-state index contributed by atoms with van der Waals surface area (Å²) in [7, 11) is 1.32. The summed E-state index contributed by atoms with van der Waals surface area (Å²) in [6.45, 7) is 2.96. The van der Waals surface area contributed by atoms with Crippen molar-refractivity contribution in [1.29, 1.82) is 0 Å². The summed E-state index contributed by atoms with van der Waals surface area (Å²) >= 11 is 2.16. The van der Waals surface area contributed by atoms with Crippen molar-refractivity contribution >= 4 is 34.5 Å². The lowest BCUT2D eigenvalue weighted by molar-refractivity contribution is -0.151. The number of ether oxygens (including phenoxy) is 2. The van der Waals surface area contributed by atoms with E-state index in [0.29, 0.717) is 18.7 Å². The Labute approximate surface area is 131 Å². The van der Waals surface area contributed by atoms with Gasteiger partial charge in [-0.3, -0.25) is 4.79 Å². The second-order valence-electron chi connectivity index (χ2n) is 4.55. The van der Waals surface area contributed by atoms with E-state index in [1.54, 1.807) is 6.07 Å². The highest BCUT2D eigenvalue weighted by Crippen LogP contribution is 2.21. The number of carbonyl (C=O) groups excluding carboxylic acids is 2. The van der Waals surface area contributed by atoms with Gasteiger partial charge in [0.05, 0.1) is 25.9 Å². The SMILES string of the molecule is COC(=O)C1COCCN1C(=O)c1cccc(C)c1I. The molecule has 1 atom stereocenters. The summed E-state index contributed by atoms with van der Waals surface area (Å²) in [4.78, 5) is 26.0. The second kappa shape index (κ2) is 6.53. The van der Waals surface area contributed by atoms with Crippen LogP contribution in [0.15, 0.2) is 18.2 Å². The lowest BCUT2D eigenvalue weighted by Gasteiger charge is -2.34. The van der Waals surface area contributed by atoms with Gasteiger partial charge < -0.3 is 14.4 Å². The molecule has 1 amide bonds. The van der Waals surface area contributed by atoms with Gasteiger partial charge in [0.1, 0.15) is 0 Å². The number of nitrogens with zero attached hydrogens (tertiary/aromatic N) is 1. The third-order valence-electron chi connectivity index (χ3n) is 3.28. The quantitative estimate of drug-likeness (QED) is 0.570. The molecule has 0 bridgehead atoms. The number of esters is 1. The molecule has 1 fully saturated rings. The summed E-state index contributed by atoms with van der Waals surface area (Å²) in [5.41, 5.74) is 1.65. The number of methoxy groups -OCH3 is 1. The molecule has 1 aromatic rings. The van der Waals surface area contributed by atoms with Gasteiger partial charge in [-0.2, -0.15) is 0 Å². The number of halogens is 1. The van der Waals surface area contributed by atoms with E-state index >= 15 is 0 Å². The Morgan fingerprint density at radius 3 is 2.90 bits per heavy atom. The molecule has 20 heavy (non-hydrogen) atoms. The van der Waals surface area contributed by atoms with Crippen LogP contribution >= 0.6 is 22.6 Å². The van der Waals surface area contributed by atoms with Crippen LogP contribution in [0.25, 0.3) is 0 Å². The van der Waals surface area contributed by atoms with Crippen molar-refractivity contribution < 1.29 is 19.1 Å². The predicted octanol–water partition coefficient (Wildman–Crippen LogP) is 1.61. The van der Waals surface area contributed by atoms with Gasteiger partial charge in [0, 0.05) is 10.1 Å². The van der Waals surface area contributed by atoms with Crippen molar-refractivity contribution in [2.45, 2.75) is 13.0 Å². The van der Waals surface area contributed by atoms with Crippen molar-refractivity contribution in [3.8, 4) is 0 Å². The predicted molar refractivity (Wildman–Crippen MR) is 81.6 cm³/mol. The van der Waals surface area contributed by atoms with Gasteiger partial charge >= 0.3 is 5.97 Å². The number of morpholine rings is 1. The van der Waals surface area contributed by atoms with Crippen molar-refractivity contribution in [2.75, 3.05) is 26.9 Å². The zero-order valence-electron chi connectivity index (χ0n) is 11.4. The van der Waals surface area contributed by atoms with Crippen molar-refractivity contribution in [3.63, 3.8) is 0 Å². The maximum absolute atomic E-state index is 12.7. The van der Waals surface area contributed by atoms with E-state index in [-0.39, 0.29) is 12.5 Å². The Hall–Kier alpha value is -1.15. The summed E-state index contributed by atoms with van der Waals surface area (Å²) in [6.07, 6.45) is 0. The zero-order chi connectivity index (χ0) is 14.7. The number of benzene rings is 1. The number of aryl methyl sites for hydroxylation is 1. The minimum Gasteiger partial charge on any atom is -0.467 e. The first-order chi connectivity index (χ1) is 9.56. The molecular weight excluding hydrogens is 373 g/mol. The van der Waals surface area contributed by atoms with E-state index in [2.05, 4.69) is 22.6 Å². The van der Waals surface area contributed by atoms with E-state index in [0.717, 1.165) is 9.13 Å². The molecule has 0 aliphatic carbocycles. The molecule has 1 aliphatic rings. The van der Waals surface area contributed by atoms with Gasteiger partial charge in [-0.1, -0.05) is 12.1 Å². The van der Waals surface area contributed by atoms with Gasteiger partial charge in [-0.25, -0.2) is 4.79 Å². The van der Waals surface area contributed by atoms with Crippen LogP contribution < -0.4 is 0 Å². The number of carbonyl (C=O) groups is 2. The molecule has 0 aromatic heterocycles. The molecule has 1 unspecified atom stereocenters. The molecule has 108 valence electrons. The second-order valence-corrected chi connectivity index (χ2v) is 5.63. The molecule has 0 spiro atoms. The van der Waals surface area contributed by atoms with Gasteiger partial charge in [0.2, 0.25) is 0 Å². The molecule has 1 aliphatic heterocycles. The Bertz CT molecular complexity index is 532. The summed E-state index contributed by atoms with van der Waals surface area (Å²) in [6, 6.07) is 4.91. The first kappa shape index (κ1) is 15.2. The minimum absolute atomic E-state index is 0.156. The van der Waals surface area contributed by atoms with Gasteiger partial charge in [-0.05, 0) is 41.1 Å². The lowest BCUT2D eigenvalue weighted by atomic mass is 10.1. The van der Waals surface area contributed by atoms with Crippen molar-refractivity contribution in [3.05, 3.63) is 32.9 Å². The maximum Gasteiger partial charge on any atom is 0.331 e. The molecular formula is C14H16INO4. The summed E-state index contributed by atoms with van der Waals surface area (Å²) in [5.74, 6) is -0.600. The molecule has 0 saturated carbocycles. The zero-order valence-corrected chi connectivity index (χ0v) is 13.5. The summed E-state index contributed by atoms with van der Waals surface area (Å²) in [5, 5.41) is 0. The Kier molecular flexibility index (Phi) is 4.98. The Morgan fingerprint density at radius 1 is 1.45 bits per heavy atom. The van der Waals surface area contributed by atoms with E-state index in [1.807, 2.05) is 19.1 Å². The largest absolute Gasteiger partial charge is 0.467 e. The van der Waals surface area contributed by atoms with Crippen LogP contribution in [-0.2, 0) is 14.3 Å². The van der Waals surface area contributed by atoms with Crippen molar-refractivity contribution in [1.82, 2.24) is 4.90 Å². The topological polar surface area (TPSA) is 55.8 Å². The number of hydrogen-bond donors (Lipinski definition) is 0. The lowest BCUT2D eigenvalue weighted by Crippen LogP contribution is -2.53. The van der Waals surface area contributed by atoms with Gasteiger partial charge in [0.15, 0.2) is 6.04 Å². The summed E-state index contributed by atoms with van der Waals surface area (Å²) < 4.78 is 10.9. The van der Waals surface area contributed by atoms with Crippen LogP contribution in [-0.4, -0.2) is 49.7 Å². The van der Waals surface area contributed by atoms with Gasteiger partial charge in [-0.15, -0.1) is 0 Å². The van der Waals surface area contributed by atoms with Crippen molar-refractivity contribution in [2.24, 2.45) is 0 Å². The standard InChI is InChI=1S/C14H16INO4/c1-9-4-3-5-10(12(9)15)13(17)16-6-7-20-8-11(16)14(18)19-2/h3-5,11H,6-8H2,1-2H3. The fraction of sp³-hybridized carbons (Fsp3) is 0.429. The molecule has 0 N–H and O–H groups in total. The third kappa shape index (κ3) is 2.95. The first-order valence-corrected chi connectivity index (χ1v) is 7.35.